The van der Waals surface area contributed by atoms with Crippen molar-refractivity contribution in [2.24, 2.45) is 0 Å². The van der Waals surface area contributed by atoms with E-state index in [4.69, 9.17) is 11.6 Å². The third-order valence-corrected chi connectivity index (χ3v) is 5.19. The molecule has 0 nitrogen and oxygen atoms in total. The van der Waals surface area contributed by atoms with Gasteiger partial charge in [-0.2, -0.15) is 0 Å². The van der Waals surface area contributed by atoms with Gasteiger partial charge in [0.05, 0.1) is 0 Å². The molecule has 0 heterocycles. The number of fused-ring (bicyclic) bond motifs is 1. The first-order valence-electron chi connectivity index (χ1n) is 6.71. The maximum atomic E-state index is 6.29. The lowest BCUT2D eigenvalue weighted by Crippen LogP contribution is -1.97. The molecule has 1 unspecified atom stereocenters. The van der Waals surface area contributed by atoms with E-state index in [0.717, 1.165) is 21.3 Å². The molecule has 1 atom stereocenters. The lowest BCUT2D eigenvalue weighted by molar-refractivity contribution is 0.957. The fraction of sp³-hybridized carbons (Fsp3) is 0.111. The Morgan fingerprint density at radius 3 is 2.43 bits per heavy atom. The molecule has 106 valence electrons. The number of hydrogen-bond acceptors (Lipinski definition) is 0. The van der Waals surface area contributed by atoms with E-state index in [1.165, 1.54) is 16.5 Å². The highest BCUT2D eigenvalue weighted by Crippen LogP contribution is 2.35. The molecule has 0 radical (unpaired) electrons. The SMILES string of the molecule is Clc1ccc(C(Br)Cc2cccc(Br)c2)c2ccccc12. The topological polar surface area (TPSA) is 0 Å². The van der Waals surface area contributed by atoms with Crippen LogP contribution in [0.1, 0.15) is 16.0 Å². The molecule has 0 aromatic heterocycles. The third-order valence-electron chi connectivity index (χ3n) is 3.55. The van der Waals surface area contributed by atoms with Crippen LogP contribution in [0.25, 0.3) is 10.8 Å². The Morgan fingerprint density at radius 1 is 0.905 bits per heavy atom. The summed E-state index contributed by atoms with van der Waals surface area (Å²) in [7, 11) is 0. The van der Waals surface area contributed by atoms with Gasteiger partial charge in [0.15, 0.2) is 0 Å². The molecule has 3 aromatic rings. The minimum atomic E-state index is 0.258. The molecule has 0 amide bonds. The second-order valence-electron chi connectivity index (χ2n) is 4.98. The van der Waals surface area contributed by atoms with Crippen LogP contribution in [-0.4, -0.2) is 0 Å². The minimum Gasteiger partial charge on any atom is -0.0837 e. The van der Waals surface area contributed by atoms with Crippen molar-refractivity contribution < 1.29 is 0 Å². The van der Waals surface area contributed by atoms with Gasteiger partial charge in [0.2, 0.25) is 0 Å². The summed E-state index contributed by atoms with van der Waals surface area (Å²) in [5, 5.41) is 3.12. The number of alkyl halides is 1. The van der Waals surface area contributed by atoms with Crippen molar-refractivity contribution in [2.75, 3.05) is 0 Å². The molecule has 3 heteroatoms. The van der Waals surface area contributed by atoms with E-state index >= 15 is 0 Å². The molecule has 3 rings (SSSR count). The second kappa shape index (κ2) is 6.51. The van der Waals surface area contributed by atoms with Crippen molar-refractivity contribution in [3.63, 3.8) is 0 Å². The Balaban J connectivity index is 1.98. The minimum absolute atomic E-state index is 0.258. The van der Waals surface area contributed by atoms with Gasteiger partial charge in [0, 0.05) is 19.7 Å². The lowest BCUT2D eigenvalue weighted by atomic mass is 9.98. The quantitative estimate of drug-likeness (QED) is 0.400. The Bertz CT molecular complexity index is 783. The van der Waals surface area contributed by atoms with Crippen LogP contribution in [0.15, 0.2) is 65.1 Å². The second-order valence-corrected chi connectivity index (χ2v) is 7.41. The van der Waals surface area contributed by atoms with E-state index in [0.29, 0.717) is 0 Å². The average Bonchev–Trinajstić information content (AvgIpc) is 2.48. The molecule has 0 bridgehead atoms. The van der Waals surface area contributed by atoms with E-state index < -0.39 is 0 Å². The first-order chi connectivity index (χ1) is 10.1. The molecule has 0 N–H and O–H groups in total. The van der Waals surface area contributed by atoms with Crippen molar-refractivity contribution in [1.29, 1.82) is 0 Å². The van der Waals surface area contributed by atoms with Crippen molar-refractivity contribution in [3.05, 3.63) is 81.3 Å². The monoisotopic (exact) mass is 422 g/mol. The number of rotatable bonds is 3. The van der Waals surface area contributed by atoms with E-state index in [9.17, 15) is 0 Å². The first-order valence-corrected chi connectivity index (χ1v) is 8.79. The first kappa shape index (κ1) is 15.1. The van der Waals surface area contributed by atoms with Crippen LogP contribution in [0.4, 0.5) is 0 Å². The highest BCUT2D eigenvalue weighted by atomic mass is 79.9. The van der Waals surface area contributed by atoms with Crippen LogP contribution in [0.3, 0.4) is 0 Å². The molecule has 0 aliphatic carbocycles. The van der Waals surface area contributed by atoms with Crippen molar-refractivity contribution in [3.8, 4) is 0 Å². The predicted molar refractivity (Wildman–Crippen MR) is 98.5 cm³/mol. The zero-order chi connectivity index (χ0) is 14.8. The molecular formula is C18H13Br2Cl. The standard InChI is InChI=1S/C18H13Br2Cl/c19-13-5-3-4-12(10-13)11-17(20)15-8-9-18(21)16-7-2-1-6-14(15)16/h1-10,17H,11H2. The van der Waals surface area contributed by atoms with Crippen LogP contribution < -0.4 is 0 Å². The summed E-state index contributed by atoms with van der Waals surface area (Å²) < 4.78 is 1.11. The highest BCUT2D eigenvalue weighted by Gasteiger charge is 2.13. The fourth-order valence-corrected chi connectivity index (χ4v) is 3.99. The summed E-state index contributed by atoms with van der Waals surface area (Å²) in [6.07, 6.45) is 0.936. The van der Waals surface area contributed by atoms with Crippen LogP contribution in [0.5, 0.6) is 0 Å². The Hall–Kier alpha value is -0.830. The van der Waals surface area contributed by atoms with Crippen molar-refractivity contribution in [1.82, 2.24) is 0 Å². The molecule has 0 aliphatic heterocycles. The number of halogens is 3. The van der Waals surface area contributed by atoms with Gasteiger partial charge >= 0.3 is 0 Å². The summed E-state index contributed by atoms with van der Waals surface area (Å²) in [5.74, 6) is 0. The molecule has 0 saturated carbocycles. The maximum Gasteiger partial charge on any atom is 0.0484 e. The van der Waals surface area contributed by atoms with Gasteiger partial charge in [-0.1, -0.05) is 85.9 Å². The smallest absolute Gasteiger partial charge is 0.0484 e. The largest absolute Gasteiger partial charge is 0.0837 e. The van der Waals surface area contributed by atoms with Gasteiger partial charge in [0.25, 0.3) is 0 Å². The van der Waals surface area contributed by atoms with Gasteiger partial charge in [0.1, 0.15) is 0 Å². The fourth-order valence-electron chi connectivity index (χ4n) is 2.54. The van der Waals surface area contributed by atoms with E-state index in [-0.39, 0.29) is 4.83 Å². The van der Waals surface area contributed by atoms with Crippen LogP contribution in [-0.2, 0) is 6.42 Å². The zero-order valence-corrected chi connectivity index (χ0v) is 15.1. The summed E-state index contributed by atoms with van der Waals surface area (Å²) in [6.45, 7) is 0. The molecule has 0 aliphatic rings. The van der Waals surface area contributed by atoms with E-state index in [1.54, 1.807) is 0 Å². The molecule has 3 aromatic carbocycles. The number of hydrogen-bond donors (Lipinski definition) is 0. The molecule has 0 fully saturated rings. The summed E-state index contributed by atoms with van der Waals surface area (Å²) in [6, 6.07) is 20.8. The molecule has 0 spiro atoms. The van der Waals surface area contributed by atoms with Crippen LogP contribution >= 0.6 is 43.5 Å². The predicted octanol–water partition coefficient (Wildman–Crippen LogP) is 6.93. The van der Waals surface area contributed by atoms with Gasteiger partial charge in [-0.05, 0) is 41.1 Å². The van der Waals surface area contributed by atoms with Gasteiger partial charge < -0.3 is 0 Å². The van der Waals surface area contributed by atoms with Crippen LogP contribution in [0, 0.1) is 0 Å². The Morgan fingerprint density at radius 2 is 1.67 bits per heavy atom. The molecule has 0 saturated heterocycles. The average molecular weight is 425 g/mol. The van der Waals surface area contributed by atoms with E-state index in [1.807, 2.05) is 18.2 Å². The van der Waals surface area contributed by atoms with Gasteiger partial charge in [-0.3, -0.25) is 0 Å². The van der Waals surface area contributed by atoms with E-state index in [2.05, 4.69) is 74.3 Å². The Labute approximate surface area is 146 Å². The number of benzene rings is 3. The maximum absolute atomic E-state index is 6.29. The van der Waals surface area contributed by atoms with Gasteiger partial charge in [-0.25, -0.2) is 0 Å². The summed E-state index contributed by atoms with van der Waals surface area (Å²) >= 11 is 13.7. The lowest BCUT2D eigenvalue weighted by Gasteiger charge is -2.14. The molecular weight excluding hydrogens is 411 g/mol. The Kier molecular flexibility index (Phi) is 4.68. The summed E-state index contributed by atoms with van der Waals surface area (Å²) in [5.41, 5.74) is 2.57. The van der Waals surface area contributed by atoms with Gasteiger partial charge in [-0.15, -0.1) is 0 Å². The van der Waals surface area contributed by atoms with Crippen molar-refractivity contribution in [2.45, 2.75) is 11.2 Å². The van der Waals surface area contributed by atoms with Crippen molar-refractivity contribution >= 4 is 54.2 Å². The summed E-state index contributed by atoms with van der Waals surface area (Å²) in [4.78, 5) is 0.258. The third kappa shape index (κ3) is 3.33. The highest BCUT2D eigenvalue weighted by molar-refractivity contribution is 9.10. The zero-order valence-electron chi connectivity index (χ0n) is 11.2. The molecule has 21 heavy (non-hydrogen) atoms. The van der Waals surface area contributed by atoms with Crippen LogP contribution in [0.2, 0.25) is 5.02 Å². The normalized spacial score (nSPS) is 12.5.